The summed E-state index contributed by atoms with van der Waals surface area (Å²) in [5.74, 6) is 2.06. The molecule has 1 aromatic heterocycles. The molecule has 148 valence electrons. The van der Waals surface area contributed by atoms with Gasteiger partial charge in [-0.2, -0.15) is 0 Å². The van der Waals surface area contributed by atoms with Crippen LogP contribution in [0.25, 0.3) is 6.08 Å². The maximum atomic E-state index is 13.1. The highest BCUT2D eigenvalue weighted by molar-refractivity contribution is 6.30. The molecule has 0 aliphatic carbocycles. The monoisotopic (exact) mass is 401 g/mol. The molecule has 1 saturated heterocycles. The second-order valence-corrected chi connectivity index (χ2v) is 7.64. The van der Waals surface area contributed by atoms with Gasteiger partial charge in [-0.3, -0.25) is 4.79 Å². The summed E-state index contributed by atoms with van der Waals surface area (Å²) in [4.78, 5) is 19.6. The molecule has 0 N–H and O–H groups in total. The van der Waals surface area contributed by atoms with Crippen molar-refractivity contribution in [2.75, 3.05) is 33.4 Å². The number of nitrogens with zero attached hydrogens (tertiary/aromatic N) is 3. The lowest BCUT2D eigenvalue weighted by atomic mass is 9.96. The lowest BCUT2D eigenvalue weighted by molar-refractivity contribution is -0.128. The van der Waals surface area contributed by atoms with E-state index in [2.05, 4.69) is 9.55 Å². The molecular formula is C21H24ClN3O3. The van der Waals surface area contributed by atoms with E-state index in [1.165, 1.54) is 0 Å². The number of rotatable bonds is 5. The number of piperidine rings is 1. The fraction of sp³-hybridized carbons (Fsp3) is 0.429. The summed E-state index contributed by atoms with van der Waals surface area (Å²) in [5.41, 5.74) is 1.52. The molecule has 0 unspecified atom stereocenters. The van der Waals surface area contributed by atoms with Crippen LogP contribution < -0.4 is 4.74 Å². The number of aromatic nitrogens is 2. The minimum atomic E-state index is 0.0327. The third-order valence-corrected chi connectivity index (χ3v) is 5.55. The van der Waals surface area contributed by atoms with Crippen molar-refractivity contribution in [3.63, 3.8) is 0 Å². The fourth-order valence-electron chi connectivity index (χ4n) is 3.91. The van der Waals surface area contributed by atoms with E-state index in [1.54, 1.807) is 13.2 Å². The summed E-state index contributed by atoms with van der Waals surface area (Å²) in [6, 6.07) is 5.46. The van der Waals surface area contributed by atoms with Gasteiger partial charge in [0, 0.05) is 55.6 Å². The van der Waals surface area contributed by atoms with Crippen LogP contribution in [0.1, 0.15) is 30.1 Å². The Morgan fingerprint density at radius 2 is 2.32 bits per heavy atom. The van der Waals surface area contributed by atoms with Gasteiger partial charge in [-0.1, -0.05) is 11.6 Å². The van der Waals surface area contributed by atoms with Gasteiger partial charge >= 0.3 is 0 Å². The number of imidazole rings is 1. The van der Waals surface area contributed by atoms with Gasteiger partial charge in [0.1, 0.15) is 18.2 Å². The number of hydrogen-bond donors (Lipinski definition) is 0. The summed E-state index contributed by atoms with van der Waals surface area (Å²) >= 11 is 6.08. The van der Waals surface area contributed by atoms with E-state index in [1.807, 2.05) is 35.5 Å². The lowest BCUT2D eigenvalue weighted by Crippen LogP contribution is -2.41. The van der Waals surface area contributed by atoms with Gasteiger partial charge in [0.05, 0.1) is 12.2 Å². The van der Waals surface area contributed by atoms with Crippen LogP contribution in [0, 0.1) is 0 Å². The van der Waals surface area contributed by atoms with Crippen molar-refractivity contribution in [1.82, 2.24) is 14.5 Å². The number of carbonyl (C=O) groups excluding carboxylic acids is 1. The molecule has 0 bridgehead atoms. The largest absolute Gasteiger partial charge is 0.488 e. The van der Waals surface area contributed by atoms with Gasteiger partial charge in [-0.05, 0) is 37.1 Å². The number of hydrogen-bond acceptors (Lipinski definition) is 4. The smallest absolute Gasteiger partial charge is 0.253 e. The van der Waals surface area contributed by atoms with Crippen LogP contribution in [-0.2, 0) is 16.1 Å². The Bertz CT molecular complexity index is 893. The second kappa shape index (κ2) is 8.37. The second-order valence-electron chi connectivity index (χ2n) is 7.20. The maximum absolute atomic E-state index is 13.1. The number of halogens is 1. The molecule has 2 aromatic rings. The average molecular weight is 402 g/mol. The summed E-state index contributed by atoms with van der Waals surface area (Å²) in [7, 11) is 1.70. The first-order valence-electron chi connectivity index (χ1n) is 9.58. The lowest BCUT2D eigenvalue weighted by Gasteiger charge is -2.33. The van der Waals surface area contributed by atoms with Crippen LogP contribution in [0.4, 0.5) is 0 Å². The van der Waals surface area contributed by atoms with Crippen LogP contribution in [0.5, 0.6) is 5.75 Å². The SMILES string of the molecule is COCCn1ccnc1[C@H]1CCCN(C(=O)C2=Cc3cc(Cl)ccc3OC2)C1. The van der Waals surface area contributed by atoms with Crippen molar-refractivity contribution in [2.24, 2.45) is 0 Å². The Labute approximate surface area is 169 Å². The van der Waals surface area contributed by atoms with E-state index >= 15 is 0 Å². The number of carbonyl (C=O) groups is 1. The van der Waals surface area contributed by atoms with E-state index < -0.39 is 0 Å². The van der Waals surface area contributed by atoms with Crippen molar-refractivity contribution in [3.8, 4) is 5.75 Å². The Balaban J connectivity index is 1.49. The minimum absolute atomic E-state index is 0.0327. The molecule has 0 saturated carbocycles. The van der Waals surface area contributed by atoms with Crippen molar-refractivity contribution < 1.29 is 14.3 Å². The normalized spacial score (nSPS) is 19.0. The molecule has 7 heteroatoms. The Hall–Kier alpha value is -2.31. The Morgan fingerprint density at radius 1 is 1.43 bits per heavy atom. The molecule has 1 atom stereocenters. The molecule has 6 nitrogen and oxygen atoms in total. The topological polar surface area (TPSA) is 56.6 Å². The standard InChI is InChI=1S/C21H24ClN3O3/c1-27-10-9-24-8-6-23-20(24)15-3-2-7-25(13-15)21(26)17-11-16-12-18(22)4-5-19(16)28-14-17/h4-6,8,11-12,15H,2-3,7,9-10,13-14H2,1H3/t15-/m0/s1. The quantitative estimate of drug-likeness (QED) is 0.770. The Kier molecular flexibility index (Phi) is 5.69. The zero-order valence-corrected chi connectivity index (χ0v) is 16.7. The molecule has 3 heterocycles. The van der Waals surface area contributed by atoms with Gasteiger partial charge in [0.15, 0.2) is 0 Å². The van der Waals surface area contributed by atoms with Crippen molar-refractivity contribution in [2.45, 2.75) is 25.3 Å². The summed E-state index contributed by atoms with van der Waals surface area (Å²) in [6.45, 7) is 3.13. The molecular weight excluding hydrogens is 378 g/mol. The number of likely N-dealkylation sites (tertiary alicyclic amines) is 1. The average Bonchev–Trinajstić information content (AvgIpc) is 3.20. The number of fused-ring (bicyclic) bond motifs is 1. The van der Waals surface area contributed by atoms with E-state index in [0.29, 0.717) is 23.7 Å². The van der Waals surface area contributed by atoms with Gasteiger partial charge in [0.25, 0.3) is 5.91 Å². The predicted octanol–water partition coefficient (Wildman–Crippen LogP) is 3.36. The first kappa shape index (κ1) is 19.0. The highest BCUT2D eigenvalue weighted by atomic mass is 35.5. The van der Waals surface area contributed by atoms with Crippen LogP contribution >= 0.6 is 11.6 Å². The summed E-state index contributed by atoms with van der Waals surface area (Å²) in [5, 5.41) is 0.633. The van der Waals surface area contributed by atoms with Gasteiger partial charge in [-0.15, -0.1) is 0 Å². The highest BCUT2D eigenvalue weighted by Crippen LogP contribution is 2.31. The molecule has 4 rings (SSSR count). The van der Waals surface area contributed by atoms with Crippen molar-refractivity contribution >= 4 is 23.6 Å². The minimum Gasteiger partial charge on any atom is -0.488 e. The molecule has 1 aromatic carbocycles. The molecule has 0 radical (unpaired) electrons. The van der Waals surface area contributed by atoms with Gasteiger partial charge in [0.2, 0.25) is 0 Å². The van der Waals surface area contributed by atoms with E-state index in [0.717, 1.165) is 43.1 Å². The van der Waals surface area contributed by atoms with E-state index in [4.69, 9.17) is 21.1 Å². The van der Waals surface area contributed by atoms with Crippen LogP contribution in [-0.4, -0.2) is 53.8 Å². The summed E-state index contributed by atoms with van der Waals surface area (Å²) in [6.07, 6.45) is 7.69. The molecule has 28 heavy (non-hydrogen) atoms. The van der Waals surface area contributed by atoms with Crippen molar-refractivity contribution in [3.05, 3.63) is 52.6 Å². The number of ether oxygens (including phenoxy) is 2. The zero-order valence-electron chi connectivity index (χ0n) is 15.9. The van der Waals surface area contributed by atoms with Crippen LogP contribution in [0.15, 0.2) is 36.2 Å². The maximum Gasteiger partial charge on any atom is 0.253 e. The van der Waals surface area contributed by atoms with E-state index in [-0.39, 0.29) is 18.4 Å². The zero-order chi connectivity index (χ0) is 19.5. The van der Waals surface area contributed by atoms with Crippen molar-refractivity contribution in [1.29, 1.82) is 0 Å². The van der Waals surface area contributed by atoms with Gasteiger partial charge < -0.3 is 18.9 Å². The molecule has 0 spiro atoms. The molecule has 2 aliphatic heterocycles. The van der Waals surface area contributed by atoms with Crippen LogP contribution in [0.3, 0.4) is 0 Å². The Morgan fingerprint density at radius 3 is 3.18 bits per heavy atom. The third kappa shape index (κ3) is 3.93. The highest BCUT2D eigenvalue weighted by Gasteiger charge is 2.30. The van der Waals surface area contributed by atoms with Gasteiger partial charge in [-0.25, -0.2) is 4.98 Å². The molecule has 1 amide bonds. The number of amides is 1. The predicted molar refractivity (Wildman–Crippen MR) is 108 cm³/mol. The fourth-order valence-corrected chi connectivity index (χ4v) is 4.09. The molecule has 2 aliphatic rings. The molecule has 1 fully saturated rings. The first-order chi connectivity index (χ1) is 13.7. The number of methoxy groups -OCH3 is 1. The first-order valence-corrected chi connectivity index (χ1v) is 9.95. The number of benzene rings is 1. The third-order valence-electron chi connectivity index (χ3n) is 5.32. The summed E-state index contributed by atoms with van der Waals surface area (Å²) < 4.78 is 13.1. The van der Waals surface area contributed by atoms with Crippen LogP contribution in [0.2, 0.25) is 5.02 Å². The van der Waals surface area contributed by atoms with E-state index in [9.17, 15) is 4.79 Å².